The predicted molar refractivity (Wildman–Crippen MR) is 148 cm³/mol. The second-order valence-electron chi connectivity index (χ2n) is 9.13. The molecule has 1 rings (SSSR count). The number of rotatable bonds is 16. The van der Waals surface area contributed by atoms with Gasteiger partial charge in [0.05, 0.1) is 12.3 Å². The summed E-state index contributed by atoms with van der Waals surface area (Å²) in [4.78, 5) is 36.5. The Morgan fingerprint density at radius 3 is 2.14 bits per heavy atom. The van der Waals surface area contributed by atoms with Crippen LogP contribution < -0.4 is 16.6 Å². The first-order valence-corrected chi connectivity index (χ1v) is 13.4. The molecule has 0 saturated heterocycles. The number of allylic oxidation sites excluding steroid dienone is 5. The van der Waals surface area contributed by atoms with E-state index in [0.717, 1.165) is 25.7 Å². The summed E-state index contributed by atoms with van der Waals surface area (Å²) < 4.78 is 0. The lowest BCUT2D eigenvalue weighted by Gasteiger charge is -2.21. The molecule has 0 fully saturated rings. The summed E-state index contributed by atoms with van der Waals surface area (Å²) in [6.45, 7) is 8.49. The molecular formula is C28H41N3O4S. The zero-order chi connectivity index (χ0) is 26.9. The van der Waals surface area contributed by atoms with Gasteiger partial charge in [0.1, 0.15) is 6.04 Å². The predicted octanol–water partition coefficient (Wildman–Crippen LogP) is 4.87. The van der Waals surface area contributed by atoms with E-state index in [1.165, 1.54) is 28.5 Å². The van der Waals surface area contributed by atoms with E-state index in [4.69, 9.17) is 5.84 Å². The third-order valence-corrected chi connectivity index (χ3v) is 6.60. The van der Waals surface area contributed by atoms with Gasteiger partial charge in [-0.1, -0.05) is 65.3 Å². The second kappa shape index (κ2) is 17.6. The van der Waals surface area contributed by atoms with Crippen molar-refractivity contribution in [3.8, 4) is 0 Å². The van der Waals surface area contributed by atoms with E-state index in [9.17, 15) is 19.5 Å². The summed E-state index contributed by atoms with van der Waals surface area (Å²) in [6.07, 6.45) is 10.4. The van der Waals surface area contributed by atoms with Gasteiger partial charge < -0.3 is 10.4 Å². The lowest BCUT2D eigenvalue weighted by Crippen LogP contribution is -2.51. The number of thioether (sulfide) groups is 1. The van der Waals surface area contributed by atoms with E-state index in [1.54, 1.807) is 30.3 Å². The summed E-state index contributed by atoms with van der Waals surface area (Å²) >= 11 is 1.50. The van der Waals surface area contributed by atoms with Crippen LogP contribution >= 0.6 is 11.8 Å². The molecule has 7 nitrogen and oxygen atoms in total. The lowest BCUT2D eigenvalue weighted by molar-refractivity contribution is -0.139. The highest BCUT2D eigenvalue weighted by molar-refractivity contribution is 7.99. The van der Waals surface area contributed by atoms with Crippen molar-refractivity contribution in [1.29, 1.82) is 0 Å². The Kier molecular flexibility index (Phi) is 15.2. The van der Waals surface area contributed by atoms with Gasteiger partial charge in [-0.2, -0.15) is 11.8 Å². The molecule has 0 aliphatic heterocycles. The molecule has 5 N–H and O–H groups in total. The Labute approximate surface area is 219 Å². The molecule has 1 aromatic rings. The van der Waals surface area contributed by atoms with E-state index in [0.29, 0.717) is 17.1 Å². The molecule has 2 atom stereocenters. The minimum Gasteiger partial charge on any atom is -0.481 e. The van der Waals surface area contributed by atoms with Crippen LogP contribution in [0.3, 0.4) is 0 Å². The standard InChI is InChI=1S/C28H41N3O4S/c1-20(2)10-8-11-21(3)12-9-13-22(4)16-17-36-19-25(28(35)31-29)30-27(34)24(18-26(32)33)23-14-6-5-7-15-23/h5-7,10,12,14-16,24-25H,8-9,11,13,17-19,29H2,1-4H3,(H,30,34)(H,31,35)(H,32,33)/t24?,25-/m0/s1. The van der Waals surface area contributed by atoms with E-state index < -0.39 is 29.7 Å². The number of hydrogen-bond acceptors (Lipinski definition) is 5. The molecule has 0 spiro atoms. The number of aliphatic carboxylic acids is 1. The van der Waals surface area contributed by atoms with Gasteiger partial charge >= 0.3 is 5.97 Å². The second-order valence-corrected chi connectivity index (χ2v) is 10.2. The van der Waals surface area contributed by atoms with Gasteiger partial charge in [0.2, 0.25) is 5.91 Å². The fourth-order valence-corrected chi connectivity index (χ4v) is 4.51. The molecule has 8 heteroatoms. The van der Waals surface area contributed by atoms with Crippen molar-refractivity contribution in [2.24, 2.45) is 5.84 Å². The number of benzene rings is 1. The topological polar surface area (TPSA) is 122 Å². The van der Waals surface area contributed by atoms with Crippen molar-refractivity contribution < 1.29 is 19.5 Å². The van der Waals surface area contributed by atoms with Crippen molar-refractivity contribution in [2.45, 2.75) is 71.8 Å². The average Bonchev–Trinajstić information content (AvgIpc) is 2.83. The molecule has 0 aromatic heterocycles. The minimum atomic E-state index is -1.09. The molecule has 0 aliphatic carbocycles. The molecule has 1 unspecified atom stereocenters. The van der Waals surface area contributed by atoms with Gasteiger partial charge in [0, 0.05) is 11.5 Å². The lowest BCUT2D eigenvalue weighted by atomic mass is 9.94. The number of carbonyl (C=O) groups excluding carboxylic acids is 2. The van der Waals surface area contributed by atoms with Crippen LogP contribution in [0.25, 0.3) is 0 Å². The molecule has 36 heavy (non-hydrogen) atoms. The van der Waals surface area contributed by atoms with Crippen LogP contribution in [0.4, 0.5) is 0 Å². The average molecular weight is 516 g/mol. The van der Waals surface area contributed by atoms with Crippen molar-refractivity contribution in [3.63, 3.8) is 0 Å². The van der Waals surface area contributed by atoms with Gasteiger partial charge in [0.25, 0.3) is 5.91 Å². The normalized spacial score (nSPS) is 13.5. The molecule has 0 radical (unpaired) electrons. The third kappa shape index (κ3) is 13.3. The van der Waals surface area contributed by atoms with Crippen LogP contribution in [0.15, 0.2) is 65.3 Å². The molecule has 1 aromatic carbocycles. The number of carbonyl (C=O) groups is 3. The van der Waals surface area contributed by atoms with Gasteiger partial charge in [-0.3, -0.25) is 19.8 Å². The molecule has 0 saturated carbocycles. The number of nitrogens with one attached hydrogen (secondary N) is 2. The fraction of sp³-hybridized carbons (Fsp3) is 0.464. The molecular weight excluding hydrogens is 474 g/mol. The summed E-state index contributed by atoms with van der Waals surface area (Å²) in [6, 6.07) is 7.81. The Morgan fingerprint density at radius 1 is 0.944 bits per heavy atom. The van der Waals surface area contributed by atoms with Gasteiger partial charge in [-0.25, -0.2) is 5.84 Å². The monoisotopic (exact) mass is 515 g/mol. The van der Waals surface area contributed by atoms with Crippen molar-refractivity contribution >= 4 is 29.5 Å². The summed E-state index contributed by atoms with van der Waals surface area (Å²) in [5.41, 5.74) is 6.69. The van der Waals surface area contributed by atoms with Gasteiger partial charge in [0.15, 0.2) is 0 Å². The van der Waals surface area contributed by atoms with Crippen LogP contribution in [0.1, 0.15) is 71.3 Å². The SMILES string of the molecule is CC(C)=CCCC(C)=CCCC(C)=CCSC[C@H](NC(=O)C(CC(=O)O)c1ccccc1)C(=O)NN. The highest BCUT2D eigenvalue weighted by atomic mass is 32.2. The molecule has 0 bridgehead atoms. The van der Waals surface area contributed by atoms with E-state index in [-0.39, 0.29) is 6.42 Å². The highest BCUT2D eigenvalue weighted by Crippen LogP contribution is 2.20. The zero-order valence-electron chi connectivity index (χ0n) is 21.9. The molecule has 0 heterocycles. The Morgan fingerprint density at radius 2 is 1.56 bits per heavy atom. The quantitative estimate of drug-likeness (QED) is 0.0819. The van der Waals surface area contributed by atoms with Crippen molar-refractivity contribution in [1.82, 2.24) is 10.7 Å². The number of amides is 2. The molecule has 2 amide bonds. The number of hydrogen-bond donors (Lipinski definition) is 4. The maximum Gasteiger partial charge on any atom is 0.304 e. The van der Waals surface area contributed by atoms with Crippen molar-refractivity contribution in [2.75, 3.05) is 11.5 Å². The zero-order valence-corrected chi connectivity index (χ0v) is 22.7. The summed E-state index contributed by atoms with van der Waals surface area (Å²) in [7, 11) is 0. The maximum atomic E-state index is 12.9. The van der Waals surface area contributed by atoms with Crippen LogP contribution in [0.5, 0.6) is 0 Å². The Hall–Kier alpha value is -2.84. The number of carboxylic acid groups (broad SMARTS) is 1. The summed E-state index contributed by atoms with van der Waals surface area (Å²) in [5.74, 6) is 3.30. The van der Waals surface area contributed by atoms with E-state index in [1.807, 2.05) is 0 Å². The first-order valence-electron chi connectivity index (χ1n) is 12.2. The van der Waals surface area contributed by atoms with Crippen LogP contribution in [-0.4, -0.2) is 40.4 Å². The van der Waals surface area contributed by atoms with E-state index >= 15 is 0 Å². The van der Waals surface area contributed by atoms with Crippen LogP contribution in [0, 0.1) is 0 Å². The first kappa shape index (κ1) is 31.2. The molecule has 198 valence electrons. The molecule has 0 aliphatic rings. The maximum absolute atomic E-state index is 12.9. The van der Waals surface area contributed by atoms with E-state index in [2.05, 4.69) is 56.7 Å². The van der Waals surface area contributed by atoms with Crippen LogP contribution in [0.2, 0.25) is 0 Å². The largest absolute Gasteiger partial charge is 0.481 e. The van der Waals surface area contributed by atoms with Gasteiger partial charge in [-0.05, 0) is 58.9 Å². The van der Waals surface area contributed by atoms with Crippen molar-refractivity contribution in [3.05, 3.63) is 70.8 Å². The highest BCUT2D eigenvalue weighted by Gasteiger charge is 2.28. The van der Waals surface area contributed by atoms with Gasteiger partial charge in [-0.15, -0.1) is 0 Å². The Balaban J connectivity index is 2.61. The Bertz CT molecular complexity index is 937. The fourth-order valence-electron chi connectivity index (χ4n) is 3.50. The number of carboxylic acids is 1. The smallest absolute Gasteiger partial charge is 0.304 e. The first-order chi connectivity index (χ1) is 17.1. The number of nitrogens with two attached hydrogens (primary N) is 1. The summed E-state index contributed by atoms with van der Waals surface area (Å²) in [5, 5.41) is 11.9. The minimum absolute atomic E-state index is 0.316. The third-order valence-electron chi connectivity index (χ3n) is 5.63. The number of hydrazine groups is 1. The van der Waals surface area contributed by atoms with Crippen LogP contribution in [-0.2, 0) is 14.4 Å².